The number of rotatable bonds is 4. The van der Waals surface area contributed by atoms with Gasteiger partial charge in [-0.2, -0.15) is 0 Å². The fraction of sp³-hybridized carbons (Fsp3) is 0.714. The maximum atomic E-state index is 12.4. The monoisotopic (exact) mass is 341 g/mol. The molecule has 2 aliphatic rings. The van der Waals surface area contributed by atoms with Crippen LogP contribution in [0.3, 0.4) is 0 Å². The summed E-state index contributed by atoms with van der Waals surface area (Å²) in [7, 11) is -3.58. The molecule has 3 N–H and O–H groups in total. The van der Waals surface area contributed by atoms with E-state index in [-0.39, 0.29) is 23.7 Å². The van der Waals surface area contributed by atoms with Crippen molar-refractivity contribution in [2.24, 2.45) is 5.14 Å². The fourth-order valence-corrected chi connectivity index (χ4v) is 4.44. The van der Waals surface area contributed by atoms with Crippen molar-refractivity contribution in [3.05, 3.63) is 18.2 Å². The molecule has 128 valence electrons. The van der Waals surface area contributed by atoms with E-state index in [4.69, 9.17) is 5.14 Å². The SMILES string of the molecule is NS(=O)(=O)CC1CCCN1C(=O)NCC1CCCn2ccnc21. The fourth-order valence-electron chi connectivity index (χ4n) is 3.56. The average molecular weight is 341 g/mol. The Morgan fingerprint density at radius 3 is 2.91 bits per heavy atom. The van der Waals surface area contributed by atoms with E-state index in [1.54, 1.807) is 11.1 Å². The molecule has 9 heteroatoms. The van der Waals surface area contributed by atoms with Crippen LogP contribution in [0, 0.1) is 0 Å². The first-order chi connectivity index (χ1) is 10.9. The first-order valence-corrected chi connectivity index (χ1v) is 9.71. The van der Waals surface area contributed by atoms with Crippen LogP contribution in [0.2, 0.25) is 0 Å². The minimum atomic E-state index is -3.58. The van der Waals surface area contributed by atoms with E-state index in [1.807, 2.05) is 6.20 Å². The van der Waals surface area contributed by atoms with Crippen molar-refractivity contribution in [3.63, 3.8) is 0 Å². The smallest absolute Gasteiger partial charge is 0.317 e. The van der Waals surface area contributed by atoms with Gasteiger partial charge in [0.25, 0.3) is 0 Å². The molecule has 0 aromatic carbocycles. The highest BCUT2D eigenvalue weighted by atomic mass is 32.2. The van der Waals surface area contributed by atoms with Gasteiger partial charge in [-0.25, -0.2) is 23.3 Å². The van der Waals surface area contributed by atoms with Gasteiger partial charge in [0.15, 0.2) is 0 Å². The number of hydrogen-bond donors (Lipinski definition) is 2. The Hall–Kier alpha value is -1.61. The lowest BCUT2D eigenvalue weighted by Gasteiger charge is -2.27. The van der Waals surface area contributed by atoms with E-state index >= 15 is 0 Å². The summed E-state index contributed by atoms with van der Waals surface area (Å²) in [6.45, 7) is 2.07. The van der Waals surface area contributed by atoms with Gasteiger partial charge in [-0.15, -0.1) is 0 Å². The first-order valence-electron chi connectivity index (χ1n) is 8.00. The van der Waals surface area contributed by atoms with E-state index < -0.39 is 10.0 Å². The number of aromatic nitrogens is 2. The molecular weight excluding hydrogens is 318 g/mol. The van der Waals surface area contributed by atoms with Crippen LogP contribution in [0.15, 0.2) is 12.4 Å². The largest absolute Gasteiger partial charge is 0.337 e. The molecule has 23 heavy (non-hydrogen) atoms. The number of likely N-dealkylation sites (tertiary alicyclic amines) is 1. The highest BCUT2D eigenvalue weighted by molar-refractivity contribution is 7.89. The molecule has 2 unspecified atom stereocenters. The summed E-state index contributed by atoms with van der Waals surface area (Å²) in [5.41, 5.74) is 0. The van der Waals surface area contributed by atoms with Gasteiger partial charge in [0.2, 0.25) is 10.0 Å². The summed E-state index contributed by atoms with van der Waals surface area (Å²) in [6, 6.07) is -0.529. The quantitative estimate of drug-likeness (QED) is 0.816. The van der Waals surface area contributed by atoms with Gasteiger partial charge in [-0.05, 0) is 25.7 Å². The summed E-state index contributed by atoms with van der Waals surface area (Å²) < 4.78 is 24.7. The summed E-state index contributed by atoms with van der Waals surface area (Å²) in [4.78, 5) is 18.4. The lowest BCUT2D eigenvalue weighted by Crippen LogP contribution is -2.47. The molecule has 0 aliphatic carbocycles. The molecule has 2 atom stereocenters. The van der Waals surface area contributed by atoms with Crippen LogP contribution in [-0.4, -0.2) is 53.8 Å². The minimum absolute atomic E-state index is 0.172. The molecule has 2 amide bonds. The topological polar surface area (TPSA) is 110 Å². The van der Waals surface area contributed by atoms with E-state index in [9.17, 15) is 13.2 Å². The van der Waals surface area contributed by atoms with Gasteiger partial charge in [0.05, 0.1) is 5.75 Å². The molecule has 0 spiro atoms. The average Bonchev–Trinajstić information content (AvgIpc) is 3.11. The number of nitrogens with one attached hydrogen (secondary N) is 1. The van der Waals surface area contributed by atoms with Crippen molar-refractivity contribution in [3.8, 4) is 0 Å². The molecule has 0 radical (unpaired) electrons. The number of carbonyl (C=O) groups excluding carboxylic acids is 1. The number of imidazole rings is 1. The number of fused-ring (bicyclic) bond motifs is 1. The molecule has 1 fully saturated rings. The molecule has 3 rings (SSSR count). The Morgan fingerprint density at radius 1 is 1.35 bits per heavy atom. The van der Waals surface area contributed by atoms with Gasteiger partial charge in [-0.3, -0.25) is 0 Å². The summed E-state index contributed by atoms with van der Waals surface area (Å²) in [5.74, 6) is 1.05. The number of nitrogens with two attached hydrogens (primary N) is 1. The van der Waals surface area contributed by atoms with E-state index in [0.717, 1.165) is 31.6 Å². The third kappa shape index (κ3) is 3.84. The van der Waals surface area contributed by atoms with Crippen molar-refractivity contribution in [1.29, 1.82) is 0 Å². The molecule has 8 nitrogen and oxygen atoms in total. The zero-order valence-corrected chi connectivity index (χ0v) is 13.8. The number of carbonyl (C=O) groups is 1. The van der Waals surface area contributed by atoms with Crippen LogP contribution in [0.5, 0.6) is 0 Å². The second kappa shape index (κ2) is 6.48. The second-order valence-corrected chi connectivity index (χ2v) is 7.98. The Kier molecular flexibility index (Phi) is 4.58. The lowest BCUT2D eigenvalue weighted by molar-refractivity contribution is 0.195. The van der Waals surface area contributed by atoms with Crippen LogP contribution < -0.4 is 10.5 Å². The molecule has 0 saturated carbocycles. The summed E-state index contributed by atoms with van der Waals surface area (Å²) in [5, 5.41) is 8.05. The second-order valence-electron chi connectivity index (χ2n) is 6.32. The van der Waals surface area contributed by atoms with Crippen LogP contribution in [0.1, 0.15) is 37.4 Å². The lowest BCUT2D eigenvalue weighted by atomic mass is 9.99. The van der Waals surface area contributed by atoms with Crippen molar-refractivity contribution in [1.82, 2.24) is 19.8 Å². The third-order valence-electron chi connectivity index (χ3n) is 4.63. The van der Waals surface area contributed by atoms with Crippen molar-refractivity contribution >= 4 is 16.1 Å². The van der Waals surface area contributed by atoms with Gasteiger partial charge >= 0.3 is 6.03 Å². The number of aryl methyl sites for hydroxylation is 1. The molecule has 0 bridgehead atoms. The summed E-state index contributed by atoms with van der Waals surface area (Å²) in [6.07, 6.45) is 7.31. The number of amides is 2. The number of nitrogens with zero attached hydrogens (tertiary/aromatic N) is 3. The number of hydrogen-bond acceptors (Lipinski definition) is 4. The number of urea groups is 1. The Labute approximate surface area is 136 Å². The minimum Gasteiger partial charge on any atom is -0.337 e. The first kappa shape index (κ1) is 16.3. The van der Waals surface area contributed by atoms with E-state index in [2.05, 4.69) is 14.9 Å². The van der Waals surface area contributed by atoms with Gasteiger partial charge in [0, 0.05) is 44.0 Å². The Bertz CT molecular complexity index is 672. The standard InChI is InChI=1S/C14H23N5O3S/c15-23(21,22)10-12-4-2-7-19(12)14(20)17-9-11-3-1-6-18-8-5-16-13(11)18/h5,8,11-12H,1-4,6-7,9-10H2,(H,17,20)(H2,15,21,22). The highest BCUT2D eigenvalue weighted by Gasteiger charge is 2.32. The Balaban J connectivity index is 1.58. The van der Waals surface area contributed by atoms with Gasteiger partial charge in [0.1, 0.15) is 5.82 Å². The van der Waals surface area contributed by atoms with Crippen LogP contribution in [-0.2, 0) is 16.6 Å². The number of primary sulfonamides is 1. The van der Waals surface area contributed by atoms with Crippen LogP contribution in [0.4, 0.5) is 4.79 Å². The van der Waals surface area contributed by atoms with E-state index in [1.165, 1.54) is 0 Å². The summed E-state index contributed by atoms with van der Waals surface area (Å²) >= 11 is 0. The zero-order valence-electron chi connectivity index (χ0n) is 13.0. The number of sulfonamides is 1. The normalized spacial score (nSPS) is 24.5. The maximum Gasteiger partial charge on any atom is 0.317 e. The highest BCUT2D eigenvalue weighted by Crippen LogP contribution is 2.25. The van der Waals surface area contributed by atoms with Crippen LogP contribution >= 0.6 is 0 Å². The molecule has 2 aliphatic heterocycles. The Morgan fingerprint density at radius 2 is 2.13 bits per heavy atom. The predicted molar refractivity (Wildman–Crippen MR) is 85.3 cm³/mol. The zero-order chi connectivity index (χ0) is 16.4. The molecule has 1 aromatic rings. The predicted octanol–water partition coefficient (Wildman–Crippen LogP) is 0.223. The van der Waals surface area contributed by atoms with Crippen molar-refractivity contribution < 1.29 is 13.2 Å². The van der Waals surface area contributed by atoms with Crippen LogP contribution in [0.25, 0.3) is 0 Å². The van der Waals surface area contributed by atoms with Crippen molar-refractivity contribution in [2.75, 3.05) is 18.8 Å². The molecular formula is C14H23N5O3S. The third-order valence-corrected chi connectivity index (χ3v) is 5.48. The molecule has 1 saturated heterocycles. The van der Waals surface area contributed by atoms with Gasteiger partial charge < -0.3 is 14.8 Å². The molecule has 3 heterocycles. The van der Waals surface area contributed by atoms with Crippen molar-refractivity contribution in [2.45, 2.75) is 44.2 Å². The maximum absolute atomic E-state index is 12.4. The molecule has 1 aromatic heterocycles. The van der Waals surface area contributed by atoms with Gasteiger partial charge in [-0.1, -0.05) is 0 Å². The van der Waals surface area contributed by atoms with E-state index in [0.29, 0.717) is 19.5 Å².